The molecule has 100 valence electrons. The molecule has 2 rings (SSSR count). The second kappa shape index (κ2) is 4.88. The highest BCUT2D eigenvalue weighted by Gasteiger charge is 2.34. The van der Waals surface area contributed by atoms with E-state index >= 15 is 0 Å². The van der Waals surface area contributed by atoms with Crippen LogP contribution in [-0.2, 0) is 9.84 Å². The Labute approximate surface area is 105 Å². The van der Waals surface area contributed by atoms with Crippen LogP contribution in [0.15, 0.2) is 0 Å². The lowest BCUT2D eigenvalue weighted by Crippen LogP contribution is -2.41. The van der Waals surface area contributed by atoms with Crippen LogP contribution < -0.4 is 5.32 Å². The average Bonchev–Trinajstić information content (AvgIpc) is 2.56. The van der Waals surface area contributed by atoms with Crippen LogP contribution in [0, 0.1) is 11.3 Å². The summed E-state index contributed by atoms with van der Waals surface area (Å²) in [6, 6.07) is 0.626. The number of nitrogens with one attached hydrogen (secondary N) is 1. The zero-order chi connectivity index (χ0) is 12.5. The molecule has 0 bridgehead atoms. The van der Waals surface area contributed by atoms with E-state index in [4.69, 9.17) is 0 Å². The lowest BCUT2D eigenvalue weighted by atomic mass is 9.87. The van der Waals surface area contributed by atoms with Gasteiger partial charge in [-0.05, 0) is 43.6 Å². The van der Waals surface area contributed by atoms with Gasteiger partial charge in [0, 0.05) is 6.04 Å². The molecule has 1 unspecified atom stereocenters. The first-order chi connectivity index (χ1) is 7.89. The standard InChI is InChI=1S/C13H25NO2S/c1-13(2)7-3-4-12(13)14-10-11-5-8-17(15,16)9-6-11/h11-12,14H,3-10H2,1-2H3. The quantitative estimate of drug-likeness (QED) is 0.843. The summed E-state index contributed by atoms with van der Waals surface area (Å²) < 4.78 is 22.7. The van der Waals surface area contributed by atoms with Crippen molar-refractivity contribution in [2.45, 2.75) is 52.0 Å². The van der Waals surface area contributed by atoms with E-state index in [9.17, 15) is 8.42 Å². The van der Waals surface area contributed by atoms with Gasteiger partial charge in [-0.3, -0.25) is 0 Å². The zero-order valence-electron chi connectivity index (χ0n) is 11.0. The number of hydrogen-bond donors (Lipinski definition) is 1. The minimum absolute atomic E-state index is 0.396. The van der Waals surface area contributed by atoms with Gasteiger partial charge in [-0.15, -0.1) is 0 Å². The molecule has 0 radical (unpaired) electrons. The van der Waals surface area contributed by atoms with E-state index in [1.165, 1.54) is 19.3 Å². The van der Waals surface area contributed by atoms with Crippen LogP contribution in [0.4, 0.5) is 0 Å². The number of sulfone groups is 1. The summed E-state index contributed by atoms with van der Waals surface area (Å²) in [6.07, 6.45) is 5.61. The predicted molar refractivity (Wildman–Crippen MR) is 70.8 cm³/mol. The highest BCUT2D eigenvalue weighted by molar-refractivity contribution is 7.91. The van der Waals surface area contributed by atoms with E-state index in [0.29, 0.717) is 28.9 Å². The largest absolute Gasteiger partial charge is 0.313 e. The van der Waals surface area contributed by atoms with Crippen molar-refractivity contribution in [2.24, 2.45) is 11.3 Å². The molecule has 17 heavy (non-hydrogen) atoms. The fourth-order valence-corrected chi connectivity index (χ4v) is 4.75. The fourth-order valence-electron chi connectivity index (χ4n) is 3.16. The molecule has 0 aromatic heterocycles. The van der Waals surface area contributed by atoms with E-state index < -0.39 is 9.84 Å². The summed E-state index contributed by atoms with van der Waals surface area (Å²) >= 11 is 0. The van der Waals surface area contributed by atoms with Gasteiger partial charge in [-0.2, -0.15) is 0 Å². The van der Waals surface area contributed by atoms with Crippen LogP contribution in [0.1, 0.15) is 46.0 Å². The van der Waals surface area contributed by atoms with Gasteiger partial charge >= 0.3 is 0 Å². The van der Waals surface area contributed by atoms with Gasteiger partial charge in [0.05, 0.1) is 11.5 Å². The van der Waals surface area contributed by atoms with E-state index in [1.54, 1.807) is 0 Å². The second-order valence-corrected chi connectivity index (χ2v) is 8.74. The molecule has 2 aliphatic rings. The third-order valence-corrected chi connectivity index (χ3v) is 6.30. The molecule has 4 heteroatoms. The van der Waals surface area contributed by atoms with Gasteiger partial charge in [-0.25, -0.2) is 8.42 Å². The van der Waals surface area contributed by atoms with Crippen molar-refractivity contribution in [2.75, 3.05) is 18.1 Å². The molecule has 1 aliphatic heterocycles. The molecule has 1 atom stereocenters. The molecule has 1 aliphatic carbocycles. The Kier molecular flexibility index (Phi) is 3.83. The Morgan fingerprint density at radius 2 is 1.82 bits per heavy atom. The zero-order valence-corrected chi connectivity index (χ0v) is 11.9. The molecule has 1 saturated heterocycles. The lowest BCUT2D eigenvalue weighted by Gasteiger charge is -2.30. The highest BCUT2D eigenvalue weighted by Crippen LogP contribution is 2.37. The van der Waals surface area contributed by atoms with Gasteiger partial charge in [0.25, 0.3) is 0 Å². The summed E-state index contributed by atoms with van der Waals surface area (Å²) in [5.74, 6) is 1.36. The van der Waals surface area contributed by atoms with Gasteiger partial charge < -0.3 is 5.32 Å². The Balaban J connectivity index is 1.76. The van der Waals surface area contributed by atoms with Gasteiger partial charge in [-0.1, -0.05) is 20.3 Å². The van der Waals surface area contributed by atoms with Gasteiger partial charge in [0.15, 0.2) is 0 Å². The Bertz CT molecular complexity index is 348. The minimum Gasteiger partial charge on any atom is -0.313 e. The van der Waals surface area contributed by atoms with Crippen LogP contribution in [0.5, 0.6) is 0 Å². The highest BCUT2D eigenvalue weighted by atomic mass is 32.2. The topological polar surface area (TPSA) is 46.2 Å². The van der Waals surface area contributed by atoms with E-state index in [0.717, 1.165) is 19.4 Å². The molecule has 0 amide bonds. The molecular weight excluding hydrogens is 234 g/mol. The molecule has 0 aromatic rings. The summed E-state index contributed by atoms with van der Waals surface area (Å²) in [6.45, 7) is 5.68. The minimum atomic E-state index is -2.70. The molecule has 1 saturated carbocycles. The molecule has 1 N–H and O–H groups in total. The first-order valence-corrected chi connectivity index (χ1v) is 8.65. The SMILES string of the molecule is CC1(C)CCCC1NCC1CCS(=O)(=O)CC1. The maximum Gasteiger partial charge on any atom is 0.150 e. The van der Waals surface area contributed by atoms with Crippen molar-refractivity contribution in [3.63, 3.8) is 0 Å². The molecule has 0 spiro atoms. The first-order valence-electron chi connectivity index (χ1n) is 6.83. The van der Waals surface area contributed by atoms with Crippen LogP contribution in [0.25, 0.3) is 0 Å². The van der Waals surface area contributed by atoms with Crippen LogP contribution in [0.3, 0.4) is 0 Å². The molecule has 1 heterocycles. The van der Waals surface area contributed by atoms with Crippen molar-refractivity contribution < 1.29 is 8.42 Å². The number of hydrogen-bond acceptors (Lipinski definition) is 3. The van der Waals surface area contributed by atoms with Crippen LogP contribution in [0.2, 0.25) is 0 Å². The van der Waals surface area contributed by atoms with Crippen molar-refractivity contribution >= 4 is 9.84 Å². The Morgan fingerprint density at radius 1 is 1.18 bits per heavy atom. The van der Waals surface area contributed by atoms with E-state index in [1.807, 2.05) is 0 Å². The van der Waals surface area contributed by atoms with Crippen molar-refractivity contribution in [3.05, 3.63) is 0 Å². The molecular formula is C13H25NO2S. The third kappa shape index (κ3) is 3.44. The smallest absolute Gasteiger partial charge is 0.150 e. The predicted octanol–water partition coefficient (Wildman–Crippen LogP) is 1.98. The number of rotatable bonds is 3. The molecule has 3 nitrogen and oxygen atoms in total. The van der Waals surface area contributed by atoms with Gasteiger partial charge in [0.2, 0.25) is 0 Å². The van der Waals surface area contributed by atoms with Crippen LogP contribution in [-0.4, -0.2) is 32.5 Å². The maximum atomic E-state index is 11.3. The normalized spacial score (nSPS) is 32.7. The monoisotopic (exact) mass is 259 g/mol. The van der Waals surface area contributed by atoms with Crippen molar-refractivity contribution in [1.82, 2.24) is 5.32 Å². The molecule has 2 fully saturated rings. The Hall–Kier alpha value is -0.0900. The summed E-state index contributed by atoms with van der Waals surface area (Å²) in [5.41, 5.74) is 0.417. The third-order valence-electron chi connectivity index (χ3n) is 4.58. The Morgan fingerprint density at radius 3 is 2.35 bits per heavy atom. The first kappa shape index (κ1) is 13.3. The summed E-state index contributed by atoms with van der Waals surface area (Å²) in [7, 11) is -2.70. The van der Waals surface area contributed by atoms with E-state index in [-0.39, 0.29) is 0 Å². The molecule has 0 aromatic carbocycles. The summed E-state index contributed by atoms with van der Waals surface area (Å²) in [5, 5.41) is 3.67. The summed E-state index contributed by atoms with van der Waals surface area (Å²) in [4.78, 5) is 0. The lowest BCUT2D eigenvalue weighted by molar-refractivity contribution is 0.267. The van der Waals surface area contributed by atoms with Crippen molar-refractivity contribution in [1.29, 1.82) is 0 Å². The fraction of sp³-hybridized carbons (Fsp3) is 1.00. The van der Waals surface area contributed by atoms with Gasteiger partial charge in [0.1, 0.15) is 9.84 Å². The van der Waals surface area contributed by atoms with E-state index in [2.05, 4.69) is 19.2 Å². The maximum absolute atomic E-state index is 11.3. The van der Waals surface area contributed by atoms with Crippen molar-refractivity contribution in [3.8, 4) is 0 Å². The second-order valence-electron chi connectivity index (χ2n) is 6.44. The average molecular weight is 259 g/mol. The van der Waals surface area contributed by atoms with Crippen LogP contribution >= 0.6 is 0 Å².